The summed E-state index contributed by atoms with van der Waals surface area (Å²) in [5.74, 6) is -2.17. The van der Waals surface area contributed by atoms with E-state index < -0.39 is 24.3 Å². The van der Waals surface area contributed by atoms with Crippen molar-refractivity contribution in [2.45, 2.75) is 6.42 Å². The highest BCUT2D eigenvalue weighted by molar-refractivity contribution is 6.30. The van der Waals surface area contributed by atoms with Crippen molar-refractivity contribution >= 4 is 34.8 Å². The van der Waals surface area contributed by atoms with Crippen molar-refractivity contribution in [1.29, 1.82) is 0 Å². The number of benzene rings is 4. The molecule has 0 aromatic heterocycles. The Kier molecular flexibility index (Phi) is 6.34. The number of rotatable bonds is 6. The molecular weight excluding hydrogens is 468 g/mol. The second kappa shape index (κ2) is 9.91. The van der Waals surface area contributed by atoms with Crippen molar-refractivity contribution in [2.75, 3.05) is 17.7 Å². The average molecular weight is 491 g/mol. The lowest BCUT2D eigenvalue weighted by Gasteiger charge is -2.20. The molecule has 0 radical (unpaired) electrons. The molecule has 7 heteroatoms. The average Bonchev–Trinajstić information content (AvgIpc) is 2.92. The molecule has 0 saturated heterocycles. The van der Waals surface area contributed by atoms with Crippen LogP contribution in [0.25, 0.3) is 0 Å². The second-order valence-electron chi connectivity index (χ2n) is 8.60. The van der Waals surface area contributed by atoms with Crippen molar-refractivity contribution in [1.82, 2.24) is 0 Å². The predicted molar refractivity (Wildman–Crippen MR) is 139 cm³/mol. The number of ether oxygens (including phenoxy) is 1. The third-order valence-corrected chi connectivity index (χ3v) is 6.22. The number of hydrogen-bond acceptors (Lipinski definition) is 6. The zero-order valence-corrected chi connectivity index (χ0v) is 19.7. The molecule has 37 heavy (non-hydrogen) atoms. The van der Waals surface area contributed by atoms with Gasteiger partial charge < -0.3 is 15.8 Å². The Morgan fingerprint density at radius 3 is 2.14 bits per heavy atom. The van der Waals surface area contributed by atoms with Gasteiger partial charge in [0.05, 0.1) is 16.8 Å². The number of hydrogen-bond donors (Lipinski definition) is 2. The summed E-state index contributed by atoms with van der Waals surface area (Å²) in [7, 11) is 0. The molecule has 0 unspecified atom stereocenters. The van der Waals surface area contributed by atoms with Crippen molar-refractivity contribution in [3.8, 4) is 0 Å². The van der Waals surface area contributed by atoms with Gasteiger partial charge in [-0.25, -0.2) is 4.79 Å². The summed E-state index contributed by atoms with van der Waals surface area (Å²) in [4.78, 5) is 51.2. The number of amides is 1. The molecule has 7 nitrogen and oxygen atoms in total. The topological polar surface area (TPSA) is 116 Å². The fraction of sp³-hybridized carbons (Fsp3) is 0.0667. The number of carbonyl (C=O) groups excluding carboxylic acids is 4. The number of nitrogens with two attached hydrogens (primary N) is 1. The number of nitrogens with one attached hydrogen (secondary N) is 1. The monoisotopic (exact) mass is 490 g/mol. The van der Waals surface area contributed by atoms with Crippen LogP contribution in [0.4, 0.5) is 11.4 Å². The van der Waals surface area contributed by atoms with Gasteiger partial charge in [-0.1, -0.05) is 72.8 Å². The highest BCUT2D eigenvalue weighted by Crippen LogP contribution is 2.33. The molecule has 0 atom stereocenters. The zero-order chi connectivity index (χ0) is 25.9. The maximum Gasteiger partial charge on any atom is 0.340 e. The Labute approximate surface area is 212 Å². The molecule has 182 valence electrons. The van der Waals surface area contributed by atoms with Gasteiger partial charge in [-0.2, -0.15) is 0 Å². The summed E-state index contributed by atoms with van der Waals surface area (Å²) < 4.78 is 5.20. The van der Waals surface area contributed by atoms with Crippen molar-refractivity contribution in [2.24, 2.45) is 0 Å². The number of ketones is 2. The first-order valence-electron chi connectivity index (χ1n) is 11.6. The molecule has 4 aromatic carbocycles. The van der Waals surface area contributed by atoms with Crippen LogP contribution in [0.2, 0.25) is 0 Å². The lowest BCUT2D eigenvalue weighted by molar-refractivity contribution is -0.119. The first-order chi connectivity index (χ1) is 17.9. The first-order valence-corrected chi connectivity index (χ1v) is 11.6. The molecule has 1 aliphatic rings. The Morgan fingerprint density at radius 1 is 0.730 bits per heavy atom. The minimum absolute atomic E-state index is 0.0301. The van der Waals surface area contributed by atoms with Gasteiger partial charge in [0.25, 0.3) is 5.91 Å². The van der Waals surface area contributed by atoms with Crippen LogP contribution in [0.3, 0.4) is 0 Å². The number of para-hydroxylation sites is 1. The van der Waals surface area contributed by atoms with Gasteiger partial charge in [-0.05, 0) is 35.7 Å². The van der Waals surface area contributed by atoms with Crippen LogP contribution in [0.15, 0.2) is 91.0 Å². The number of esters is 1. The highest BCUT2D eigenvalue weighted by Gasteiger charge is 2.33. The third kappa shape index (κ3) is 4.62. The lowest BCUT2D eigenvalue weighted by atomic mass is 9.82. The number of fused-ring (bicyclic) bond motifs is 2. The minimum Gasteiger partial charge on any atom is -0.452 e. The van der Waals surface area contributed by atoms with E-state index in [0.717, 1.165) is 11.1 Å². The van der Waals surface area contributed by atoms with Gasteiger partial charge in [0.2, 0.25) is 0 Å². The molecule has 1 amide bonds. The Bertz CT molecular complexity index is 1560. The van der Waals surface area contributed by atoms with Crippen LogP contribution in [0, 0.1) is 0 Å². The van der Waals surface area contributed by atoms with Gasteiger partial charge in [0.15, 0.2) is 18.2 Å². The largest absolute Gasteiger partial charge is 0.452 e. The molecule has 0 spiro atoms. The molecule has 0 saturated carbocycles. The van der Waals surface area contributed by atoms with Gasteiger partial charge >= 0.3 is 5.97 Å². The van der Waals surface area contributed by atoms with E-state index in [1.807, 2.05) is 42.5 Å². The maximum absolute atomic E-state index is 13.0. The normalized spacial score (nSPS) is 11.9. The highest BCUT2D eigenvalue weighted by atomic mass is 16.5. The molecule has 0 aliphatic heterocycles. The quantitative estimate of drug-likeness (QED) is 0.269. The smallest absolute Gasteiger partial charge is 0.340 e. The van der Waals surface area contributed by atoms with E-state index in [1.165, 1.54) is 12.1 Å². The van der Waals surface area contributed by atoms with Crippen molar-refractivity contribution in [3.63, 3.8) is 0 Å². The Hall–Kier alpha value is -5.04. The van der Waals surface area contributed by atoms with E-state index in [0.29, 0.717) is 17.7 Å². The van der Waals surface area contributed by atoms with Crippen molar-refractivity contribution in [3.05, 3.63) is 130 Å². The minimum atomic E-state index is -0.868. The molecule has 0 bridgehead atoms. The second-order valence-corrected chi connectivity index (χ2v) is 8.60. The number of anilines is 2. The molecule has 5 rings (SSSR count). The van der Waals surface area contributed by atoms with Gasteiger partial charge in [-0.3, -0.25) is 14.4 Å². The third-order valence-electron chi connectivity index (χ3n) is 6.22. The maximum atomic E-state index is 13.0. The summed E-state index contributed by atoms with van der Waals surface area (Å²) in [6.07, 6.45) is 0.624. The van der Waals surface area contributed by atoms with Crippen LogP contribution in [-0.4, -0.2) is 30.0 Å². The van der Waals surface area contributed by atoms with Gasteiger partial charge in [0.1, 0.15) is 0 Å². The molecular formula is C30H22N2O5. The zero-order valence-electron chi connectivity index (χ0n) is 19.7. The van der Waals surface area contributed by atoms with E-state index >= 15 is 0 Å². The standard InChI is InChI=1S/C30H22N2O5/c31-27-23(15-14-22-26(27)29(35)21-12-6-5-11-20(21)28(22)34)30(36)37-17-25(33)32-24-13-7-4-10-19(24)16-18-8-2-1-3-9-18/h1-15H,16-17,31H2,(H,32,33). The summed E-state index contributed by atoms with van der Waals surface area (Å²) in [5, 5.41) is 2.78. The van der Waals surface area contributed by atoms with Crippen LogP contribution >= 0.6 is 0 Å². The van der Waals surface area contributed by atoms with E-state index in [9.17, 15) is 19.2 Å². The first kappa shape index (κ1) is 23.7. The molecule has 0 fully saturated rings. The number of carbonyl (C=O) groups is 4. The predicted octanol–water partition coefficient (Wildman–Crippen LogP) is 4.43. The summed E-state index contributed by atoms with van der Waals surface area (Å²) in [5.41, 5.74) is 9.16. The Balaban J connectivity index is 1.29. The molecule has 3 N–H and O–H groups in total. The Morgan fingerprint density at radius 2 is 1.38 bits per heavy atom. The fourth-order valence-electron chi connectivity index (χ4n) is 4.40. The van der Waals surface area contributed by atoms with Gasteiger partial charge in [0, 0.05) is 22.4 Å². The summed E-state index contributed by atoms with van der Waals surface area (Å²) in [6.45, 7) is -0.551. The number of nitrogen functional groups attached to an aromatic ring is 1. The van der Waals surface area contributed by atoms with Crippen LogP contribution in [0.1, 0.15) is 53.3 Å². The molecule has 4 aromatic rings. The van der Waals surface area contributed by atoms with E-state index in [2.05, 4.69) is 5.32 Å². The molecule has 0 heterocycles. The lowest BCUT2D eigenvalue weighted by Crippen LogP contribution is -2.25. The van der Waals surface area contributed by atoms with Crippen LogP contribution in [0.5, 0.6) is 0 Å². The van der Waals surface area contributed by atoms with E-state index in [-0.39, 0.29) is 33.7 Å². The van der Waals surface area contributed by atoms with E-state index in [4.69, 9.17) is 10.5 Å². The SMILES string of the molecule is Nc1c(C(=O)OCC(=O)Nc2ccccc2Cc2ccccc2)ccc2c1C(=O)c1ccccc1C2=O. The van der Waals surface area contributed by atoms with Crippen LogP contribution < -0.4 is 11.1 Å². The van der Waals surface area contributed by atoms with E-state index in [1.54, 1.807) is 36.4 Å². The summed E-state index contributed by atoms with van der Waals surface area (Å²) in [6, 6.07) is 26.4. The molecule has 1 aliphatic carbocycles. The fourth-order valence-corrected chi connectivity index (χ4v) is 4.40. The summed E-state index contributed by atoms with van der Waals surface area (Å²) >= 11 is 0. The van der Waals surface area contributed by atoms with Gasteiger partial charge in [-0.15, -0.1) is 0 Å². The van der Waals surface area contributed by atoms with Crippen LogP contribution in [-0.2, 0) is 16.0 Å². The van der Waals surface area contributed by atoms with Crippen molar-refractivity contribution < 1.29 is 23.9 Å².